The van der Waals surface area contributed by atoms with Crippen LogP contribution in [0.4, 0.5) is 0 Å². The fraction of sp³-hybridized carbons (Fsp3) is 0.667. The molecule has 0 spiro atoms. The van der Waals surface area contributed by atoms with Gasteiger partial charge >= 0.3 is 0 Å². The van der Waals surface area contributed by atoms with Gasteiger partial charge in [-0.1, -0.05) is 13.8 Å². The van der Waals surface area contributed by atoms with E-state index in [1.54, 1.807) is 0 Å². The van der Waals surface area contributed by atoms with Crippen molar-refractivity contribution < 1.29 is 5.11 Å². The van der Waals surface area contributed by atoms with Crippen molar-refractivity contribution in [3.63, 3.8) is 0 Å². The number of hydrogen-bond acceptors (Lipinski definition) is 2. The van der Waals surface area contributed by atoms with Gasteiger partial charge in [-0.05, 0) is 25.0 Å². The molecular weight excluding hydrogens is 188 g/mol. The second-order valence-corrected chi connectivity index (χ2v) is 4.11. The summed E-state index contributed by atoms with van der Waals surface area (Å²) in [6, 6.07) is 4.13. The Morgan fingerprint density at radius 3 is 2.47 bits per heavy atom. The van der Waals surface area contributed by atoms with Crippen molar-refractivity contribution in [2.45, 2.75) is 38.8 Å². The number of aliphatic hydroxyl groups is 1. The lowest BCUT2D eigenvalue weighted by atomic mass is 9.94. The normalized spacial score (nSPS) is 12.0. The Morgan fingerprint density at radius 1 is 1.40 bits per heavy atom. The Morgan fingerprint density at radius 2 is 2.07 bits per heavy atom. The molecule has 1 heterocycles. The monoisotopic (exact) mass is 210 g/mol. The molecule has 0 bridgehead atoms. The largest absolute Gasteiger partial charge is 0.394 e. The number of nitrogens with one attached hydrogen (secondary N) is 1. The molecular formula is C12H22N2O. The third kappa shape index (κ3) is 2.83. The zero-order valence-corrected chi connectivity index (χ0v) is 9.95. The van der Waals surface area contributed by atoms with Gasteiger partial charge < -0.3 is 15.0 Å². The van der Waals surface area contributed by atoms with Crippen LogP contribution in [-0.2, 0) is 13.6 Å². The lowest BCUT2D eigenvalue weighted by Gasteiger charge is -2.31. The van der Waals surface area contributed by atoms with Crippen molar-refractivity contribution in [2.75, 3.05) is 6.61 Å². The molecule has 0 aromatic carbocycles. The van der Waals surface area contributed by atoms with Crippen LogP contribution in [0.3, 0.4) is 0 Å². The molecule has 3 nitrogen and oxygen atoms in total. The van der Waals surface area contributed by atoms with Crippen LogP contribution in [-0.4, -0.2) is 21.8 Å². The summed E-state index contributed by atoms with van der Waals surface area (Å²) in [6.07, 6.45) is 3.93. The molecule has 0 atom stereocenters. The van der Waals surface area contributed by atoms with Gasteiger partial charge in [0.15, 0.2) is 0 Å². The third-order valence-electron chi connectivity index (χ3n) is 3.35. The Hall–Kier alpha value is -0.800. The summed E-state index contributed by atoms with van der Waals surface area (Å²) in [7, 11) is 2.04. The number of nitrogens with zero attached hydrogens (tertiary/aromatic N) is 1. The summed E-state index contributed by atoms with van der Waals surface area (Å²) in [6.45, 7) is 5.23. The molecule has 0 aliphatic carbocycles. The maximum Gasteiger partial charge on any atom is 0.0613 e. The van der Waals surface area contributed by atoms with Crippen LogP contribution in [0.25, 0.3) is 0 Å². The molecule has 0 radical (unpaired) electrons. The van der Waals surface area contributed by atoms with Gasteiger partial charge in [0.05, 0.1) is 6.61 Å². The molecule has 0 saturated carbocycles. The second-order valence-electron chi connectivity index (χ2n) is 4.11. The molecule has 0 aliphatic heterocycles. The van der Waals surface area contributed by atoms with Crippen molar-refractivity contribution in [3.8, 4) is 0 Å². The first kappa shape index (κ1) is 12.3. The first-order valence-corrected chi connectivity index (χ1v) is 5.63. The minimum absolute atomic E-state index is 0.121. The van der Waals surface area contributed by atoms with E-state index in [1.807, 2.05) is 19.3 Å². The van der Waals surface area contributed by atoms with Crippen LogP contribution < -0.4 is 5.32 Å². The van der Waals surface area contributed by atoms with E-state index >= 15 is 0 Å². The molecule has 0 unspecified atom stereocenters. The van der Waals surface area contributed by atoms with Gasteiger partial charge in [-0.3, -0.25) is 0 Å². The molecule has 3 heteroatoms. The molecule has 0 saturated heterocycles. The summed E-state index contributed by atoms with van der Waals surface area (Å²) in [5, 5.41) is 12.9. The number of aromatic nitrogens is 1. The zero-order chi connectivity index (χ0) is 11.3. The van der Waals surface area contributed by atoms with Gasteiger partial charge in [0.1, 0.15) is 0 Å². The molecule has 0 aliphatic rings. The molecule has 15 heavy (non-hydrogen) atoms. The number of aliphatic hydroxyl groups excluding tert-OH is 1. The molecule has 86 valence electrons. The lowest BCUT2D eigenvalue weighted by molar-refractivity contribution is 0.149. The Labute approximate surface area is 92.1 Å². The topological polar surface area (TPSA) is 37.2 Å². The summed E-state index contributed by atoms with van der Waals surface area (Å²) >= 11 is 0. The van der Waals surface area contributed by atoms with E-state index in [1.165, 1.54) is 5.69 Å². The van der Waals surface area contributed by atoms with Gasteiger partial charge in [0.2, 0.25) is 0 Å². The number of hydrogen-bond donors (Lipinski definition) is 2. The van der Waals surface area contributed by atoms with Crippen LogP contribution in [0.1, 0.15) is 32.4 Å². The quantitative estimate of drug-likeness (QED) is 0.749. The van der Waals surface area contributed by atoms with Gasteiger partial charge in [0.25, 0.3) is 0 Å². The minimum Gasteiger partial charge on any atom is -0.394 e. The standard InChI is InChI=1S/C12H22N2O/c1-4-12(5-2,10-15)13-9-11-7-6-8-14(11)3/h6-8,13,15H,4-5,9-10H2,1-3H3. The van der Waals surface area contributed by atoms with E-state index in [2.05, 4.69) is 29.8 Å². The molecule has 1 aromatic heterocycles. The van der Waals surface area contributed by atoms with Gasteiger partial charge in [0, 0.05) is 31.0 Å². The number of aryl methyl sites for hydroxylation is 1. The SMILES string of the molecule is CCC(CC)(CO)NCc1cccn1C. The summed E-state index contributed by atoms with van der Waals surface area (Å²) in [5.74, 6) is 0. The van der Waals surface area contributed by atoms with Crippen LogP contribution >= 0.6 is 0 Å². The van der Waals surface area contributed by atoms with E-state index in [0.29, 0.717) is 0 Å². The van der Waals surface area contributed by atoms with Crippen molar-refractivity contribution in [1.82, 2.24) is 9.88 Å². The van der Waals surface area contributed by atoms with E-state index in [9.17, 15) is 5.11 Å². The molecule has 2 N–H and O–H groups in total. The molecule has 1 rings (SSSR count). The molecule has 0 amide bonds. The molecule has 0 fully saturated rings. The van der Waals surface area contributed by atoms with Crippen LogP contribution in [0.15, 0.2) is 18.3 Å². The maximum absolute atomic E-state index is 9.41. The van der Waals surface area contributed by atoms with Crippen molar-refractivity contribution in [1.29, 1.82) is 0 Å². The zero-order valence-electron chi connectivity index (χ0n) is 9.95. The van der Waals surface area contributed by atoms with Gasteiger partial charge in [-0.2, -0.15) is 0 Å². The van der Waals surface area contributed by atoms with Crippen LogP contribution in [0.2, 0.25) is 0 Å². The summed E-state index contributed by atoms with van der Waals surface area (Å²) in [5.41, 5.74) is 1.12. The highest BCUT2D eigenvalue weighted by Gasteiger charge is 2.24. The fourth-order valence-electron chi connectivity index (χ4n) is 1.74. The lowest BCUT2D eigenvalue weighted by Crippen LogP contribution is -2.47. The summed E-state index contributed by atoms with van der Waals surface area (Å²) < 4.78 is 2.10. The van der Waals surface area contributed by atoms with E-state index < -0.39 is 0 Å². The van der Waals surface area contributed by atoms with Crippen molar-refractivity contribution in [3.05, 3.63) is 24.0 Å². The van der Waals surface area contributed by atoms with Crippen molar-refractivity contribution >= 4 is 0 Å². The average molecular weight is 210 g/mol. The van der Waals surface area contributed by atoms with E-state index in [0.717, 1.165) is 19.4 Å². The second kappa shape index (κ2) is 5.33. The fourth-order valence-corrected chi connectivity index (χ4v) is 1.74. The highest BCUT2D eigenvalue weighted by molar-refractivity contribution is 5.06. The maximum atomic E-state index is 9.41. The highest BCUT2D eigenvalue weighted by Crippen LogP contribution is 2.15. The Balaban J connectivity index is 2.58. The van der Waals surface area contributed by atoms with Crippen LogP contribution in [0, 0.1) is 0 Å². The predicted molar refractivity (Wildman–Crippen MR) is 62.7 cm³/mol. The first-order chi connectivity index (χ1) is 7.17. The first-order valence-electron chi connectivity index (χ1n) is 5.63. The van der Waals surface area contributed by atoms with Gasteiger partial charge in [-0.15, -0.1) is 0 Å². The minimum atomic E-state index is -0.121. The van der Waals surface area contributed by atoms with E-state index in [-0.39, 0.29) is 12.1 Å². The van der Waals surface area contributed by atoms with Crippen molar-refractivity contribution in [2.24, 2.45) is 7.05 Å². The van der Waals surface area contributed by atoms with E-state index in [4.69, 9.17) is 0 Å². The molecule has 1 aromatic rings. The van der Waals surface area contributed by atoms with Gasteiger partial charge in [-0.25, -0.2) is 0 Å². The third-order valence-corrected chi connectivity index (χ3v) is 3.35. The highest BCUT2D eigenvalue weighted by atomic mass is 16.3. The number of rotatable bonds is 6. The Kier molecular flexibility index (Phi) is 4.36. The average Bonchev–Trinajstić information content (AvgIpc) is 2.67. The Bertz CT molecular complexity index is 281. The summed E-state index contributed by atoms with van der Waals surface area (Å²) in [4.78, 5) is 0. The smallest absolute Gasteiger partial charge is 0.0613 e. The van der Waals surface area contributed by atoms with Crippen LogP contribution in [0.5, 0.6) is 0 Å². The predicted octanol–water partition coefficient (Wildman–Crippen LogP) is 1.67.